The van der Waals surface area contributed by atoms with Gasteiger partial charge in [-0.3, -0.25) is 4.79 Å². The van der Waals surface area contributed by atoms with E-state index in [1.807, 2.05) is 0 Å². The predicted octanol–water partition coefficient (Wildman–Crippen LogP) is 0.135. The van der Waals surface area contributed by atoms with Crippen LogP contribution in [0.25, 0.3) is 0 Å². The van der Waals surface area contributed by atoms with Crippen LogP contribution in [-0.2, 0) is 0 Å². The highest BCUT2D eigenvalue weighted by molar-refractivity contribution is 7.07. The fourth-order valence-electron chi connectivity index (χ4n) is 1.75. The van der Waals surface area contributed by atoms with E-state index in [9.17, 15) is 4.79 Å². The summed E-state index contributed by atoms with van der Waals surface area (Å²) in [7, 11) is 0. The molecule has 1 aliphatic rings. The number of aryl methyl sites for hydroxylation is 1. The third kappa shape index (κ3) is 1.70. The van der Waals surface area contributed by atoms with Crippen molar-refractivity contribution in [3.63, 3.8) is 0 Å². The molecule has 0 bridgehead atoms. The summed E-state index contributed by atoms with van der Waals surface area (Å²) in [5.74, 6) is 0.000839. The van der Waals surface area contributed by atoms with Crippen LogP contribution in [0.15, 0.2) is 12.4 Å². The molecule has 8 heteroatoms. The first-order valence-electron chi connectivity index (χ1n) is 5.19. The normalized spacial score (nSPS) is 15.9. The van der Waals surface area contributed by atoms with Crippen molar-refractivity contribution in [3.8, 4) is 0 Å². The van der Waals surface area contributed by atoms with Crippen LogP contribution >= 0.6 is 11.5 Å². The Morgan fingerprint density at radius 3 is 2.71 bits per heavy atom. The Morgan fingerprint density at radius 1 is 1.41 bits per heavy atom. The van der Waals surface area contributed by atoms with Gasteiger partial charge >= 0.3 is 0 Å². The molecule has 0 atom stereocenters. The van der Waals surface area contributed by atoms with Gasteiger partial charge in [0.1, 0.15) is 10.9 Å². The van der Waals surface area contributed by atoms with E-state index in [4.69, 9.17) is 0 Å². The number of carbonyl (C=O) groups excluding carboxylic acids is 1. The summed E-state index contributed by atoms with van der Waals surface area (Å²) < 4.78 is 3.77. The molecular weight excluding hydrogens is 240 g/mol. The molecule has 2 aromatic rings. The van der Waals surface area contributed by atoms with E-state index in [1.165, 1.54) is 0 Å². The van der Waals surface area contributed by atoms with Crippen LogP contribution in [0.1, 0.15) is 21.4 Å². The number of rotatable bonds is 2. The summed E-state index contributed by atoms with van der Waals surface area (Å²) in [6, 6.07) is 0.190. The smallest absolute Gasteiger partial charge is 0.267 e. The second kappa shape index (κ2) is 3.88. The molecule has 7 nitrogen and oxygen atoms in total. The maximum absolute atomic E-state index is 12.0. The van der Waals surface area contributed by atoms with Gasteiger partial charge in [0.2, 0.25) is 0 Å². The Kier molecular flexibility index (Phi) is 2.36. The Balaban J connectivity index is 1.66. The Morgan fingerprint density at radius 2 is 2.12 bits per heavy atom. The van der Waals surface area contributed by atoms with Crippen molar-refractivity contribution in [3.05, 3.63) is 23.0 Å². The largest absolute Gasteiger partial charge is 0.333 e. The molecule has 1 aliphatic heterocycles. The fourth-order valence-corrected chi connectivity index (χ4v) is 2.38. The first-order chi connectivity index (χ1) is 8.25. The summed E-state index contributed by atoms with van der Waals surface area (Å²) >= 11 is 1.14. The van der Waals surface area contributed by atoms with Gasteiger partial charge in [-0.15, -0.1) is 5.10 Å². The van der Waals surface area contributed by atoms with E-state index < -0.39 is 0 Å². The standard InChI is InChI=1S/C9H10N6OS/c1-6-8(17-13-12-6)9(16)14-4-7(5-14)15-10-2-3-11-15/h2-3,7H,4-5H2,1H3. The van der Waals surface area contributed by atoms with Gasteiger partial charge in [0, 0.05) is 13.1 Å². The van der Waals surface area contributed by atoms with Gasteiger partial charge in [0.25, 0.3) is 5.91 Å². The highest BCUT2D eigenvalue weighted by Gasteiger charge is 2.34. The topological polar surface area (TPSA) is 76.8 Å². The van der Waals surface area contributed by atoms with Crippen molar-refractivity contribution in [2.75, 3.05) is 13.1 Å². The van der Waals surface area contributed by atoms with Gasteiger partial charge in [-0.1, -0.05) is 4.49 Å². The molecule has 0 saturated carbocycles. The van der Waals surface area contributed by atoms with E-state index in [2.05, 4.69) is 19.8 Å². The summed E-state index contributed by atoms with van der Waals surface area (Å²) in [4.78, 5) is 16.1. The number of aromatic nitrogens is 5. The molecule has 0 unspecified atom stereocenters. The molecule has 88 valence electrons. The molecule has 3 heterocycles. The number of nitrogens with zero attached hydrogens (tertiary/aromatic N) is 6. The van der Waals surface area contributed by atoms with Gasteiger partial charge in [-0.25, -0.2) is 0 Å². The fraction of sp³-hybridized carbons (Fsp3) is 0.444. The number of hydrogen-bond acceptors (Lipinski definition) is 6. The average Bonchev–Trinajstić information content (AvgIpc) is 2.86. The highest BCUT2D eigenvalue weighted by atomic mass is 32.1. The van der Waals surface area contributed by atoms with Gasteiger partial charge in [0.15, 0.2) is 0 Å². The second-order valence-electron chi connectivity index (χ2n) is 3.90. The number of carbonyl (C=O) groups is 1. The maximum atomic E-state index is 12.0. The summed E-state index contributed by atoms with van der Waals surface area (Å²) in [5, 5.41) is 12.0. The van der Waals surface area contributed by atoms with Crippen molar-refractivity contribution >= 4 is 17.4 Å². The summed E-state index contributed by atoms with van der Waals surface area (Å²) in [5.41, 5.74) is 0.695. The van der Waals surface area contributed by atoms with Crippen LogP contribution in [0.5, 0.6) is 0 Å². The third-order valence-electron chi connectivity index (χ3n) is 2.76. The molecule has 0 N–H and O–H groups in total. The van der Waals surface area contributed by atoms with Gasteiger partial charge in [0.05, 0.1) is 18.1 Å². The average molecular weight is 250 g/mol. The molecule has 0 radical (unpaired) electrons. The van der Waals surface area contributed by atoms with Crippen molar-refractivity contribution in [1.29, 1.82) is 0 Å². The zero-order valence-electron chi connectivity index (χ0n) is 9.15. The summed E-state index contributed by atoms with van der Waals surface area (Å²) in [6.45, 7) is 3.08. The van der Waals surface area contributed by atoms with Gasteiger partial charge < -0.3 is 4.90 Å². The molecule has 1 amide bonds. The lowest BCUT2D eigenvalue weighted by Crippen LogP contribution is -2.51. The molecule has 3 rings (SSSR count). The van der Waals surface area contributed by atoms with Crippen molar-refractivity contribution in [1.82, 2.24) is 29.5 Å². The number of amides is 1. The second-order valence-corrected chi connectivity index (χ2v) is 4.66. The van der Waals surface area contributed by atoms with Crippen LogP contribution in [0.3, 0.4) is 0 Å². The van der Waals surface area contributed by atoms with Crippen LogP contribution in [-0.4, -0.2) is 48.5 Å². The lowest BCUT2D eigenvalue weighted by Gasteiger charge is -2.37. The van der Waals surface area contributed by atoms with E-state index in [1.54, 1.807) is 29.0 Å². The molecule has 2 aromatic heterocycles. The van der Waals surface area contributed by atoms with Crippen LogP contribution in [0.4, 0.5) is 0 Å². The Bertz CT molecular complexity index is 529. The maximum Gasteiger partial charge on any atom is 0.267 e. The molecule has 1 saturated heterocycles. The van der Waals surface area contributed by atoms with Gasteiger partial charge in [-0.05, 0) is 18.5 Å². The first-order valence-corrected chi connectivity index (χ1v) is 5.97. The van der Waals surface area contributed by atoms with Crippen molar-refractivity contribution in [2.24, 2.45) is 0 Å². The third-order valence-corrected chi connectivity index (χ3v) is 3.57. The summed E-state index contributed by atoms with van der Waals surface area (Å²) in [6.07, 6.45) is 3.28. The SMILES string of the molecule is Cc1nnsc1C(=O)N1CC(n2nccn2)C1. The quantitative estimate of drug-likeness (QED) is 0.757. The lowest BCUT2D eigenvalue weighted by molar-refractivity contribution is 0.0480. The Hall–Kier alpha value is -1.83. The van der Waals surface area contributed by atoms with E-state index in [-0.39, 0.29) is 11.9 Å². The molecular formula is C9H10N6OS. The highest BCUT2D eigenvalue weighted by Crippen LogP contribution is 2.23. The van der Waals surface area contributed by atoms with Crippen LogP contribution in [0, 0.1) is 6.92 Å². The van der Waals surface area contributed by atoms with Crippen molar-refractivity contribution < 1.29 is 4.79 Å². The molecule has 0 spiro atoms. The lowest BCUT2D eigenvalue weighted by atomic mass is 10.1. The first kappa shape index (κ1) is 10.3. The minimum Gasteiger partial charge on any atom is -0.333 e. The zero-order valence-corrected chi connectivity index (χ0v) is 9.96. The monoisotopic (exact) mass is 250 g/mol. The zero-order chi connectivity index (χ0) is 11.8. The molecule has 0 aromatic carbocycles. The number of hydrogen-bond donors (Lipinski definition) is 0. The van der Waals surface area contributed by atoms with Gasteiger partial charge in [-0.2, -0.15) is 15.0 Å². The molecule has 0 aliphatic carbocycles. The minimum atomic E-state index is 0.000839. The van der Waals surface area contributed by atoms with E-state index >= 15 is 0 Å². The Labute approximate surface area is 101 Å². The number of likely N-dealkylation sites (tertiary alicyclic amines) is 1. The van der Waals surface area contributed by atoms with Crippen LogP contribution < -0.4 is 0 Å². The minimum absolute atomic E-state index is 0.000839. The van der Waals surface area contributed by atoms with E-state index in [0.717, 1.165) is 11.5 Å². The van der Waals surface area contributed by atoms with Crippen LogP contribution in [0.2, 0.25) is 0 Å². The van der Waals surface area contributed by atoms with Crippen molar-refractivity contribution in [2.45, 2.75) is 13.0 Å². The predicted molar refractivity (Wildman–Crippen MR) is 59.6 cm³/mol. The molecule has 1 fully saturated rings. The van der Waals surface area contributed by atoms with E-state index in [0.29, 0.717) is 23.7 Å². The molecule has 17 heavy (non-hydrogen) atoms.